The second-order valence-corrected chi connectivity index (χ2v) is 4.23. The number of nitrogens with zero attached hydrogens (tertiary/aromatic N) is 1. The van der Waals surface area contributed by atoms with Crippen LogP contribution in [0.1, 0.15) is 30.1 Å². The number of carboxylic acids is 1. The predicted molar refractivity (Wildman–Crippen MR) is 69.4 cm³/mol. The van der Waals surface area contributed by atoms with Crippen molar-refractivity contribution in [2.75, 3.05) is 11.9 Å². The lowest BCUT2D eigenvalue weighted by Gasteiger charge is -2.12. The molecule has 1 unspecified atom stereocenters. The summed E-state index contributed by atoms with van der Waals surface area (Å²) in [6, 6.07) is 1.41. The zero-order chi connectivity index (χ0) is 15.3. The van der Waals surface area contributed by atoms with E-state index in [0.29, 0.717) is 12.5 Å². The minimum atomic E-state index is -1.58. The van der Waals surface area contributed by atoms with Gasteiger partial charge in [0.05, 0.1) is 11.0 Å². The predicted octanol–water partition coefficient (Wildman–Crippen LogP) is 2.00. The van der Waals surface area contributed by atoms with Crippen LogP contribution < -0.4 is 5.32 Å². The molecule has 0 saturated heterocycles. The van der Waals surface area contributed by atoms with Crippen LogP contribution in [0.5, 0.6) is 0 Å². The highest BCUT2D eigenvalue weighted by Crippen LogP contribution is 2.28. The van der Waals surface area contributed by atoms with Crippen LogP contribution >= 0.6 is 0 Å². The largest absolute Gasteiger partial charge is 0.478 e. The van der Waals surface area contributed by atoms with Crippen LogP contribution in [0.2, 0.25) is 0 Å². The average Bonchev–Trinajstić information content (AvgIpc) is 2.35. The van der Waals surface area contributed by atoms with E-state index in [9.17, 15) is 24.4 Å². The molecule has 8 heteroatoms. The van der Waals surface area contributed by atoms with E-state index in [1.165, 1.54) is 0 Å². The van der Waals surface area contributed by atoms with Crippen molar-refractivity contribution in [1.82, 2.24) is 0 Å². The quantitative estimate of drug-likeness (QED) is 0.522. The van der Waals surface area contributed by atoms with Crippen LogP contribution in [0.4, 0.5) is 15.8 Å². The first-order valence-corrected chi connectivity index (χ1v) is 6.00. The van der Waals surface area contributed by atoms with Crippen molar-refractivity contribution in [2.24, 2.45) is 0 Å². The maximum atomic E-state index is 13.5. The van der Waals surface area contributed by atoms with Crippen LogP contribution in [-0.2, 0) is 0 Å². The Labute approximate surface area is 114 Å². The number of benzene rings is 1. The van der Waals surface area contributed by atoms with Crippen LogP contribution in [0.3, 0.4) is 0 Å². The van der Waals surface area contributed by atoms with Crippen LogP contribution in [0.25, 0.3) is 0 Å². The molecule has 0 aliphatic heterocycles. The van der Waals surface area contributed by atoms with Crippen LogP contribution in [0, 0.1) is 15.9 Å². The summed E-state index contributed by atoms with van der Waals surface area (Å²) < 4.78 is 13.5. The van der Waals surface area contributed by atoms with Gasteiger partial charge in [-0.05, 0) is 6.42 Å². The van der Waals surface area contributed by atoms with Gasteiger partial charge < -0.3 is 15.5 Å². The molecule has 7 nitrogen and oxygen atoms in total. The van der Waals surface area contributed by atoms with Gasteiger partial charge in [-0.2, -0.15) is 0 Å². The molecule has 20 heavy (non-hydrogen) atoms. The molecule has 3 N–H and O–H groups in total. The Morgan fingerprint density at radius 2 is 2.20 bits per heavy atom. The fourth-order valence-corrected chi connectivity index (χ4v) is 1.68. The number of anilines is 1. The Morgan fingerprint density at radius 1 is 1.55 bits per heavy atom. The van der Waals surface area contributed by atoms with Crippen molar-refractivity contribution in [3.8, 4) is 0 Å². The minimum Gasteiger partial charge on any atom is -0.478 e. The second kappa shape index (κ2) is 6.80. The molecular formula is C12H15FN2O5. The van der Waals surface area contributed by atoms with E-state index in [0.717, 1.165) is 12.5 Å². The molecule has 0 aliphatic carbocycles. The van der Waals surface area contributed by atoms with Crippen molar-refractivity contribution in [1.29, 1.82) is 0 Å². The summed E-state index contributed by atoms with van der Waals surface area (Å²) in [7, 11) is 0. The SMILES string of the molecule is CCCC(O)CNc1cc(F)c(C(=O)O)cc1[N+](=O)[O-]. The molecule has 0 heterocycles. The summed E-state index contributed by atoms with van der Waals surface area (Å²) in [5.41, 5.74) is -1.48. The van der Waals surface area contributed by atoms with Crippen molar-refractivity contribution in [2.45, 2.75) is 25.9 Å². The Bertz CT molecular complexity index is 521. The van der Waals surface area contributed by atoms with Gasteiger partial charge in [-0.15, -0.1) is 0 Å². The molecule has 0 spiro atoms. The molecular weight excluding hydrogens is 271 g/mol. The minimum absolute atomic E-state index is 0.0144. The lowest BCUT2D eigenvalue weighted by atomic mass is 10.1. The number of nitro groups is 1. The average molecular weight is 286 g/mol. The zero-order valence-electron chi connectivity index (χ0n) is 10.8. The highest BCUT2D eigenvalue weighted by Gasteiger charge is 2.22. The van der Waals surface area contributed by atoms with E-state index in [1.807, 2.05) is 6.92 Å². The molecule has 0 bridgehead atoms. The standard InChI is InChI=1S/C12H15FN2O5/c1-2-3-7(16)6-14-10-5-9(13)8(12(17)18)4-11(10)15(19)20/h4-5,7,14,16H,2-3,6H2,1H3,(H,17,18). The Morgan fingerprint density at radius 3 is 2.70 bits per heavy atom. The summed E-state index contributed by atoms with van der Waals surface area (Å²) in [6.45, 7) is 1.88. The van der Waals surface area contributed by atoms with Gasteiger partial charge in [-0.25, -0.2) is 9.18 Å². The fourth-order valence-electron chi connectivity index (χ4n) is 1.68. The number of aromatic carboxylic acids is 1. The Balaban J connectivity index is 3.03. The molecule has 0 fully saturated rings. The number of halogens is 1. The summed E-state index contributed by atoms with van der Waals surface area (Å²) in [5.74, 6) is -2.65. The monoisotopic (exact) mass is 286 g/mol. The fraction of sp³-hybridized carbons (Fsp3) is 0.417. The number of carboxylic acid groups (broad SMARTS) is 1. The molecule has 0 aliphatic rings. The zero-order valence-corrected chi connectivity index (χ0v) is 10.8. The topological polar surface area (TPSA) is 113 Å². The summed E-state index contributed by atoms with van der Waals surface area (Å²) >= 11 is 0. The van der Waals surface area contributed by atoms with Gasteiger partial charge in [0.2, 0.25) is 0 Å². The maximum Gasteiger partial charge on any atom is 0.338 e. The third-order valence-corrected chi connectivity index (χ3v) is 2.66. The molecule has 1 rings (SSSR count). The summed E-state index contributed by atoms with van der Waals surface area (Å²) in [5, 5.41) is 31.7. The van der Waals surface area contributed by atoms with Crippen molar-refractivity contribution < 1.29 is 24.3 Å². The molecule has 0 saturated carbocycles. The molecule has 1 atom stereocenters. The number of hydrogen-bond donors (Lipinski definition) is 3. The summed E-state index contributed by atoms with van der Waals surface area (Å²) in [4.78, 5) is 20.8. The number of rotatable bonds is 7. The van der Waals surface area contributed by atoms with Gasteiger partial charge >= 0.3 is 5.97 Å². The molecule has 0 radical (unpaired) electrons. The molecule has 1 aromatic rings. The number of aliphatic hydroxyl groups excluding tert-OH is 1. The lowest BCUT2D eigenvalue weighted by Crippen LogP contribution is -2.20. The first-order valence-electron chi connectivity index (χ1n) is 6.00. The van der Waals surface area contributed by atoms with E-state index in [4.69, 9.17) is 5.11 Å². The van der Waals surface area contributed by atoms with Crippen molar-refractivity contribution in [3.63, 3.8) is 0 Å². The third kappa shape index (κ3) is 3.89. The van der Waals surface area contributed by atoms with E-state index in [-0.39, 0.29) is 12.2 Å². The van der Waals surface area contributed by atoms with Crippen molar-refractivity contribution >= 4 is 17.3 Å². The van der Waals surface area contributed by atoms with Gasteiger partial charge in [-0.3, -0.25) is 10.1 Å². The summed E-state index contributed by atoms with van der Waals surface area (Å²) in [6.07, 6.45) is 0.509. The van der Waals surface area contributed by atoms with E-state index >= 15 is 0 Å². The van der Waals surface area contributed by atoms with Crippen LogP contribution in [0.15, 0.2) is 12.1 Å². The lowest BCUT2D eigenvalue weighted by molar-refractivity contribution is -0.384. The smallest absolute Gasteiger partial charge is 0.338 e. The van der Waals surface area contributed by atoms with Gasteiger partial charge in [0.25, 0.3) is 5.69 Å². The van der Waals surface area contributed by atoms with E-state index in [2.05, 4.69) is 5.32 Å². The molecule has 110 valence electrons. The number of hydrogen-bond acceptors (Lipinski definition) is 5. The Hall–Kier alpha value is -2.22. The number of carbonyl (C=O) groups is 1. The van der Waals surface area contributed by atoms with Gasteiger partial charge in [0.1, 0.15) is 17.1 Å². The molecule has 0 amide bonds. The number of nitrogens with one attached hydrogen (secondary N) is 1. The normalized spacial score (nSPS) is 11.9. The van der Waals surface area contributed by atoms with Gasteiger partial charge in [-0.1, -0.05) is 13.3 Å². The third-order valence-electron chi connectivity index (χ3n) is 2.66. The van der Waals surface area contributed by atoms with E-state index < -0.39 is 34.1 Å². The first-order chi connectivity index (χ1) is 9.36. The molecule has 0 aromatic heterocycles. The maximum absolute atomic E-state index is 13.5. The number of aliphatic hydroxyl groups is 1. The van der Waals surface area contributed by atoms with Gasteiger partial charge in [0.15, 0.2) is 0 Å². The Kier molecular flexibility index (Phi) is 5.39. The first kappa shape index (κ1) is 15.8. The van der Waals surface area contributed by atoms with Crippen LogP contribution in [-0.4, -0.2) is 33.8 Å². The second-order valence-electron chi connectivity index (χ2n) is 4.23. The highest BCUT2D eigenvalue weighted by atomic mass is 19.1. The van der Waals surface area contributed by atoms with E-state index in [1.54, 1.807) is 0 Å². The van der Waals surface area contributed by atoms with Crippen molar-refractivity contribution in [3.05, 3.63) is 33.6 Å². The highest BCUT2D eigenvalue weighted by molar-refractivity contribution is 5.90. The van der Waals surface area contributed by atoms with Gasteiger partial charge in [0, 0.05) is 18.7 Å². The number of nitro benzene ring substituents is 1. The molecule has 1 aromatic carbocycles.